The first-order valence-electron chi connectivity index (χ1n) is 7.61. The maximum Gasteiger partial charge on any atom is 0.241 e. The van der Waals surface area contributed by atoms with Gasteiger partial charge in [-0.3, -0.25) is 0 Å². The molecule has 0 heterocycles. The summed E-state index contributed by atoms with van der Waals surface area (Å²) in [4.78, 5) is 2.32. The van der Waals surface area contributed by atoms with Gasteiger partial charge >= 0.3 is 0 Å². The Morgan fingerprint density at radius 3 is 2.22 bits per heavy atom. The second kappa shape index (κ2) is 6.47. The number of fused-ring (bicyclic) bond motifs is 1. The standard InChI is InChI=1S/C17H26N3O2S/c1-19(2)16-10-6-9-15-14(16)8-7-11-17(15)23(21,22)18-12-13-20(3,4)5/h6-11,18H,12-13H2,1-5H3/q+1. The number of hydrogen-bond donors (Lipinski definition) is 1. The summed E-state index contributed by atoms with van der Waals surface area (Å²) in [5.74, 6) is 0. The van der Waals surface area contributed by atoms with Crippen LogP contribution < -0.4 is 9.62 Å². The van der Waals surface area contributed by atoms with Gasteiger partial charge in [0, 0.05) is 30.6 Å². The quantitative estimate of drug-likeness (QED) is 0.820. The maximum absolute atomic E-state index is 12.7. The first-order chi connectivity index (χ1) is 10.6. The van der Waals surface area contributed by atoms with Crippen LogP contribution in [0.4, 0.5) is 5.69 Å². The zero-order valence-corrected chi connectivity index (χ0v) is 15.3. The third kappa shape index (κ3) is 4.22. The molecule has 0 aliphatic rings. The number of hydrogen-bond acceptors (Lipinski definition) is 3. The molecule has 0 aliphatic heterocycles. The second-order valence-electron chi connectivity index (χ2n) is 6.93. The molecule has 2 rings (SSSR count). The molecule has 126 valence electrons. The Bertz CT molecular complexity index is 793. The summed E-state index contributed by atoms with van der Waals surface area (Å²) in [6.45, 7) is 1.14. The number of likely N-dealkylation sites (N-methyl/N-ethyl adjacent to an activating group) is 1. The third-order valence-electron chi connectivity index (χ3n) is 3.71. The molecule has 0 aliphatic carbocycles. The summed E-state index contributed by atoms with van der Waals surface area (Å²) in [5.41, 5.74) is 1.01. The van der Waals surface area contributed by atoms with Gasteiger partial charge in [0.1, 0.15) is 0 Å². The van der Waals surface area contributed by atoms with Gasteiger partial charge in [-0.2, -0.15) is 0 Å². The van der Waals surface area contributed by atoms with Crippen molar-refractivity contribution in [1.29, 1.82) is 0 Å². The monoisotopic (exact) mass is 336 g/mol. The molecule has 0 fully saturated rings. The van der Waals surface area contributed by atoms with Crippen molar-refractivity contribution in [1.82, 2.24) is 4.72 Å². The number of nitrogens with zero attached hydrogens (tertiary/aromatic N) is 2. The van der Waals surface area contributed by atoms with Gasteiger partial charge in [0.15, 0.2) is 0 Å². The van der Waals surface area contributed by atoms with Crippen LogP contribution in [-0.2, 0) is 10.0 Å². The lowest BCUT2D eigenvalue weighted by molar-refractivity contribution is -0.869. The van der Waals surface area contributed by atoms with Gasteiger partial charge in [-0.1, -0.05) is 24.3 Å². The Morgan fingerprint density at radius 1 is 1.00 bits per heavy atom. The van der Waals surface area contributed by atoms with E-state index in [1.54, 1.807) is 12.1 Å². The maximum atomic E-state index is 12.7. The Kier molecular flexibility index (Phi) is 4.98. The van der Waals surface area contributed by atoms with Crippen LogP contribution >= 0.6 is 0 Å². The highest BCUT2D eigenvalue weighted by Gasteiger charge is 2.19. The van der Waals surface area contributed by atoms with Crippen LogP contribution in [0.1, 0.15) is 0 Å². The van der Waals surface area contributed by atoms with Crippen molar-refractivity contribution in [2.24, 2.45) is 0 Å². The number of nitrogens with one attached hydrogen (secondary N) is 1. The van der Waals surface area contributed by atoms with E-state index in [-0.39, 0.29) is 0 Å². The van der Waals surface area contributed by atoms with E-state index >= 15 is 0 Å². The van der Waals surface area contributed by atoms with Crippen molar-refractivity contribution in [2.75, 3.05) is 53.2 Å². The Balaban J connectivity index is 2.41. The predicted molar refractivity (Wildman–Crippen MR) is 96.4 cm³/mol. The largest absolute Gasteiger partial charge is 0.377 e. The van der Waals surface area contributed by atoms with Crippen LogP contribution in [0.25, 0.3) is 10.8 Å². The molecule has 23 heavy (non-hydrogen) atoms. The van der Waals surface area contributed by atoms with Crippen molar-refractivity contribution in [3.63, 3.8) is 0 Å². The molecule has 0 radical (unpaired) electrons. The summed E-state index contributed by atoms with van der Waals surface area (Å²) in [5, 5.41) is 1.68. The van der Waals surface area contributed by atoms with Crippen molar-refractivity contribution in [3.8, 4) is 0 Å². The van der Waals surface area contributed by atoms with Crippen LogP contribution in [0, 0.1) is 0 Å². The molecule has 0 saturated carbocycles. The van der Waals surface area contributed by atoms with Crippen molar-refractivity contribution < 1.29 is 12.9 Å². The van der Waals surface area contributed by atoms with Gasteiger partial charge in [-0.25, -0.2) is 13.1 Å². The summed E-state index contributed by atoms with van der Waals surface area (Å²) in [6.07, 6.45) is 0. The van der Waals surface area contributed by atoms with Gasteiger partial charge in [0.05, 0.1) is 39.1 Å². The highest BCUT2D eigenvalue weighted by atomic mass is 32.2. The molecule has 0 amide bonds. The average molecular weight is 336 g/mol. The molecule has 0 unspecified atom stereocenters. The smallest absolute Gasteiger partial charge is 0.241 e. The first kappa shape index (κ1) is 17.7. The Morgan fingerprint density at radius 2 is 1.61 bits per heavy atom. The van der Waals surface area contributed by atoms with Gasteiger partial charge in [-0.15, -0.1) is 0 Å². The average Bonchev–Trinajstić information content (AvgIpc) is 2.44. The summed E-state index contributed by atoms with van der Waals surface area (Å²) in [6, 6.07) is 11.2. The van der Waals surface area contributed by atoms with Crippen molar-refractivity contribution >= 4 is 26.5 Å². The molecular formula is C17H26N3O2S+. The van der Waals surface area contributed by atoms with Gasteiger partial charge in [0.25, 0.3) is 0 Å². The summed E-state index contributed by atoms with van der Waals surface area (Å²) in [7, 11) is 6.49. The molecule has 0 bridgehead atoms. The van der Waals surface area contributed by atoms with E-state index in [2.05, 4.69) is 4.72 Å². The molecule has 5 nitrogen and oxygen atoms in total. The van der Waals surface area contributed by atoms with Crippen LogP contribution in [0.5, 0.6) is 0 Å². The van der Waals surface area contributed by atoms with Crippen LogP contribution in [-0.4, -0.2) is 61.2 Å². The van der Waals surface area contributed by atoms with Crippen LogP contribution in [0.3, 0.4) is 0 Å². The zero-order valence-electron chi connectivity index (χ0n) is 14.5. The third-order valence-corrected chi connectivity index (χ3v) is 5.22. The van der Waals surface area contributed by atoms with Crippen LogP contribution in [0.15, 0.2) is 41.3 Å². The molecule has 0 atom stereocenters. The molecular weight excluding hydrogens is 310 g/mol. The molecule has 6 heteroatoms. The molecule has 1 N–H and O–H groups in total. The van der Waals surface area contributed by atoms with Crippen LogP contribution in [0.2, 0.25) is 0 Å². The predicted octanol–water partition coefficient (Wildman–Crippen LogP) is 1.89. The van der Waals surface area contributed by atoms with E-state index < -0.39 is 10.0 Å². The fourth-order valence-electron chi connectivity index (χ4n) is 2.48. The number of rotatable bonds is 6. The normalized spacial score (nSPS) is 12.6. The van der Waals surface area contributed by atoms with E-state index in [1.807, 2.05) is 64.4 Å². The van der Waals surface area contributed by atoms with E-state index in [0.29, 0.717) is 15.9 Å². The van der Waals surface area contributed by atoms with Gasteiger partial charge < -0.3 is 9.38 Å². The van der Waals surface area contributed by atoms with E-state index in [9.17, 15) is 8.42 Å². The SMILES string of the molecule is CN(C)c1cccc2c(S(=O)(=O)NCC[N+](C)(C)C)cccc12. The van der Waals surface area contributed by atoms with Gasteiger partial charge in [0.2, 0.25) is 10.0 Å². The highest BCUT2D eigenvalue weighted by molar-refractivity contribution is 7.89. The second-order valence-corrected chi connectivity index (χ2v) is 8.67. The topological polar surface area (TPSA) is 49.4 Å². The number of anilines is 1. The lowest BCUT2D eigenvalue weighted by Gasteiger charge is -2.24. The summed E-state index contributed by atoms with van der Waals surface area (Å²) < 4.78 is 28.8. The fraction of sp³-hybridized carbons (Fsp3) is 0.412. The fourth-order valence-corrected chi connectivity index (χ4v) is 3.72. The summed E-state index contributed by atoms with van der Waals surface area (Å²) >= 11 is 0. The molecule has 0 saturated heterocycles. The molecule has 2 aromatic carbocycles. The zero-order chi connectivity index (χ0) is 17.3. The van der Waals surface area contributed by atoms with E-state index in [0.717, 1.165) is 23.0 Å². The molecule has 2 aromatic rings. The highest BCUT2D eigenvalue weighted by Crippen LogP contribution is 2.29. The Labute approximate surface area is 139 Å². The van der Waals surface area contributed by atoms with Crippen molar-refractivity contribution in [2.45, 2.75) is 4.90 Å². The van der Waals surface area contributed by atoms with E-state index in [4.69, 9.17) is 0 Å². The lowest BCUT2D eigenvalue weighted by atomic mass is 10.1. The number of sulfonamides is 1. The number of benzene rings is 2. The first-order valence-corrected chi connectivity index (χ1v) is 9.09. The minimum Gasteiger partial charge on any atom is -0.377 e. The number of quaternary nitrogens is 1. The van der Waals surface area contributed by atoms with Crippen molar-refractivity contribution in [3.05, 3.63) is 36.4 Å². The van der Waals surface area contributed by atoms with E-state index in [1.165, 1.54) is 0 Å². The minimum atomic E-state index is -3.53. The molecule has 0 spiro atoms. The minimum absolute atomic E-state index is 0.333. The Hall–Kier alpha value is -1.63. The van der Waals surface area contributed by atoms with Gasteiger partial charge in [-0.05, 0) is 12.1 Å². The molecule has 0 aromatic heterocycles. The lowest BCUT2D eigenvalue weighted by Crippen LogP contribution is -2.41.